The minimum absolute atomic E-state index is 0.0376. The fourth-order valence-corrected chi connectivity index (χ4v) is 2.31. The second-order valence-corrected chi connectivity index (χ2v) is 6.12. The molecule has 0 bridgehead atoms. The number of benzene rings is 1. The molecule has 1 aliphatic rings. The molecule has 0 saturated heterocycles. The maximum absolute atomic E-state index is 12.4. The Labute approximate surface area is 135 Å². The highest BCUT2D eigenvalue weighted by atomic mass is 16.6. The number of nitrogens with one attached hydrogen (secondary N) is 1. The summed E-state index contributed by atoms with van der Waals surface area (Å²) in [5.74, 6) is 0. The summed E-state index contributed by atoms with van der Waals surface area (Å²) in [4.78, 5) is 14.0. The number of ether oxygens (including phenoxy) is 1. The third-order valence-electron chi connectivity index (χ3n) is 3.22. The lowest BCUT2D eigenvalue weighted by Crippen LogP contribution is -2.36. The van der Waals surface area contributed by atoms with Gasteiger partial charge in [0.25, 0.3) is 0 Å². The second kappa shape index (κ2) is 6.41. The zero-order chi connectivity index (χ0) is 17.0. The Morgan fingerprint density at radius 2 is 2.04 bits per heavy atom. The topological polar surface area (TPSA) is 89.2 Å². The van der Waals surface area contributed by atoms with E-state index in [1.165, 1.54) is 6.20 Å². The number of carbonyl (C=O) groups is 1. The Balaban J connectivity index is 2.31. The Bertz CT molecular complexity index is 716. The fraction of sp³-hybridized carbons (Fsp3) is 0.353. The van der Waals surface area contributed by atoms with Gasteiger partial charge >= 0.3 is 6.09 Å². The first-order valence-corrected chi connectivity index (χ1v) is 7.25. The maximum Gasteiger partial charge on any atom is 0.414 e. The summed E-state index contributed by atoms with van der Waals surface area (Å²) in [5, 5.41) is 20.5. The van der Waals surface area contributed by atoms with Gasteiger partial charge in [-0.3, -0.25) is 4.90 Å². The highest BCUT2D eigenvalue weighted by Gasteiger charge is 2.30. The first kappa shape index (κ1) is 16.4. The van der Waals surface area contributed by atoms with Gasteiger partial charge in [0.05, 0.1) is 11.4 Å². The summed E-state index contributed by atoms with van der Waals surface area (Å²) < 4.78 is 5.44. The fourth-order valence-electron chi connectivity index (χ4n) is 2.31. The lowest BCUT2D eigenvalue weighted by molar-refractivity contribution is 0.0584. The van der Waals surface area contributed by atoms with Crippen LogP contribution in [0, 0.1) is 22.7 Å². The summed E-state index contributed by atoms with van der Waals surface area (Å²) in [5.41, 5.74) is 1.80. The van der Waals surface area contributed by atoms with Crippen LogP contribution in [-0.4, -0.2) is 18.2 Å². The maximum atomic E-state index is 12.4. The molecule has 0 radical (unpaired) electrons. The van der Waals surface area contributed by atoms with Crippen molar-refractivity contribution in [2.75, 3.05) is 16.8 Å². The Morgan fingerprint density at radius 3 is 2.65 bits per heavy atom. The van der Waals surface area contributed by atoms with E-state index < -0.39 is 11.7 Å². The van der Waals surface area contributed by atoms with Crippen LogP contribution in [-0.2, 0) is 11.2 Å². The van der Waals surface area contributed by atoms with E-state index in [9.17, 15) is 4.79 Å². The first-order valence-electron chi connectivity index (χ1n) is 7.25. The lowest BCUT2D eigenvalue weighted by atomic mass is 10.1. The van der Waals surface area contributed by atoms with Crippen molar-refractivity contribution < 1.29 is 9.53 Å². The molecule has 0 aliphatic carbocycles. The van der Waals surface area contributed by atoms with Crippen molar-refractivity contribution in [1.82, 2.24) is 0 Å². The molecule has 0 saturated carbocycles. The molecular formula is C17H18N4O2. The van der Waals surface area contributed by atoms with Crippen molar-refractivity contribution >= 4 is 17.5 Å². The molecule has 0 spiro atoms. The number of hydrogen-bond acceptors (Lipinski definition) is 5. The van der Waals surface area contributed by atoms with Gasteiger partial charge in [0.2, 0.25) is 0 Å². The summed E-state index contributed by atoms with van der Waals surface area (Å²) in [6.07, 6.45) is 1.66. The van der Waals surface area contributed by atoms with Crippen LogP contribution < -0.4 is 10.2 Å². The molecule has 6 heteroatoms. The van der Waals surface area contributed by atoms with E-state index in [0.717, 1.165) is 17.7 Å². The molecule has 0 atom stereocenters. The van der Waals surface area contributed by atoms with Gasteiger partial charge in [0.1, 0.15) is 23.3 Å². The van der Waals surface area contributed by atoms with E-state index in [4.69, 9.17) is 15.3 Å². The number of fused-ring (bicyclic) bond motifs is 1. The van der Waals surface area contributed by atoms with Gasteiger partial charge in [0.15, 0.2) is 0 Å². The normalized spacial score (nSPS) is 12.7. The number of hydrogen-bond donors (Lipinski definition) is 1. The Morgan fingerprint density at radius 1 is 1.35 bits per heavy atom. The molecule has 2 rings (SSSR count). The van der Waals surface area contributed by atoms with E-state index in [2.05, 4.69) is 5.32 Å². The smallest absolute Gasteiger partial charge is 0.414 e. The standard InChI is InChI=1S/C17H18N4O2/c1-17(2,3)23-16(22)21-8-7-13-5-4-6-14(15(13)21)20-11-12(9-18)10-19/h4-6,11,20H,7-8H2,1-3H3. The largest absolute Gasteiger partial charge is 0.443 e. The van der Waals surface area contributed by atoms with Crippen LogP contribution in [0.2, 0.25) is 0 Å². The quantitative estimate of drug-likeness (QED) is 0.846. The number of allylic oxidation sites excluding steroid dienone is 1. The number of carbonyl (C=O) groups excluding carboxylic acids is 1. The molecule has 1 aromatic rings. The average Bonchev–Trinajstić information content (AvgIpc) is 2.91. The van der Waals surface area contributed by atoms with E-state index in [0.29, 0.717) is 12.2 Å². The predicted molar refractivity (Wildman–Crippen MR) is 86.7 cm³/mol. The van der Waals surface area contributed by atoms with Gasteiger partial charge in [-0.25, -0.2) is 4.79 Å². The summed E-state index contributed by atoms with van der Waals surface area (Å²) >= 11 is 0. The minimum Gasteiger partial charge on any atom is -0.443 e. The molecule has 0 fully saturated rings. The van der Waals surface area contributed by atoms with Crippen molar-refractivity contribution in [1.29, 1.82) is 10.5 Å². The molecule has 23 heavy (non-hydrogen) atoms. The van der Waals surface area contributed by atoms with Gasteiger partial charge in [-0.15, -0.1) is 0 Å². The molecule has 1 N–H and O–H groups in total. The number of anilines is 2. The molecule has 0 unspecified atom stereocenters. The van der Waals surface area contributed by atoms with Crippen LogP contribution in [0.25, 0.3) is 0 Å². The SMILES string of the molecule is CC(C)(C)OC(=O)N1CCc2cccc(NC=C(C#N)C#N)c21. The molecule has 1 aromatic carbocycles. The average molecular weight is 310 g/mol. The number of amides is 1. The number of para-hydroxylation sites is 1. The van der Waals surface area contributed by atoms with Gasteiger partial charge in [-0.05, 0) is 38.8 Å². The van der Waals surface area contributed by atoms with E-state index >= 15 is 0 Å². The zero-order valence-corrected chi connectivity index (χ0v) is 13.4. The molecule has 1 heterocycles. The van der Waals surface area contributed by atoms with Crippen LogP contribution in [0.5, 0.6) is 0 Å². The van der Waals surface area contributed by atoms with Crippen LogP contribution in [0.4, 0.5) is 16.2 Å². The van der Waals surface area contributed by atoms with Gasteiger partial charge < -0.3 is 10.1 Å². The number of nitriles is 2. The van der Waals surface area contributed by atoms with Crippen molar-refractivity contribution in [2.45, 2.75) is 32.8 Å². The van der Waals surface area contributed by atoms with Gasteiger partial charge in [0, 0.05) is 12.7 Å². The Hall–Kier alpha value is -2.99. The van der Waals surface area contributed by atoms with Crippen LogP contribution in [0.1, 0.15) is 26.3 Å². The van der Waals surface area contributed by atoms with E-state index in [1.807, 2.05) is 32.9 Å². The second-order valence-electron chi connectivity index (χ2n) is 6.12. The molecule has 118 valence electrons. The lowest BCUT2D eigenvalue weighted by Gasteiger charge is -2.25. The van der Waals surface area contributed by atoms with Crippen LogP contribution in [0.15, 0.2) is 30.0 Å². The Kier molecular flexibility index (Phi) is 4.57. The molecule has 1 aliphatic heterocycles. The first-order chi connectivity index (χ1) is 10.9. The van der Waals surface area contributed by atoms with Gasteiger partial charge in [-0.1, -0.05) is 12.1 Å². The molecular weight excluding hydrogens is 292 g/mol. The summed E-state index contributed by atoms with van der Waals surface area (Å²) in [6.45, 7) is 6.00. The van der Waals surface area contributed by atoms with E-state index in [1.54, 1.807) is 23.1 Å². The summed E-state index contributed by atoms with van der Waals surface area (Å²) in [6, 6.07) is 9.19. The van der Waals surface area contributed by atoms with Crippen molar-refractivity contribution in [3.05, 3.63) is 35.5 Å². The van der Waals surface area contributed by atoms with E-state index in [-0.39, 0.29) is 5.57 Å². The van der Waals surface area contributed by atoms with Crippen molar-refractivity contribution in [3.63, 3.8) is 0 Å². The molecule has 0 aromatic heterocycles. The third kappa shape index (κ3) is 3.81. The molecule has 6 nitrogen and oxygen atoms in total. The monoisotopic (exact) mass is 310 g/mol. The number of nitrogens with zero attached hydrogens (tertiary/aromatic N) is 3. The van der Waals surface area contributed by atoms with Gasteiger partial charge in [-0.2, -0.15) is 10.5 Å². The number of rotatable bonds is 2. The van der Waals surface area contributed by atoms with Crippen molar-refractivity contribution in [2.24, 2.45) is 0 Å². The highest BCUT2D eigenvalue weighted by Crippen LogP contribution is 2.36. The highest BCUT2D eigenvalue weighted by molar-refractivity contribution is 5.95. The van der Waals surface area contributed by atoms with Crippen LogP contribution in [0.3, 0.4) is 0 Å². The van der Waals surface area contributed by atoms with Crippen molar-refractivity contribution in [3.8, 4) is 12.1 Å². The predicted octanol–water partition coefficient (Wildman–Crippen LogP) is 3.33. The summed E-state index contributed by atoms with van der Waals surface area (Å²) in [7, 11) is 0. The zero-order valence-electron chi connectivity index (χ0n) is 13.4. The third-order valence-corrected chi connectivity index (χ3v) is 3.22. The van der Waals surface area contributed by atoms with Crippen LogP contribution >= 0.6 is 0 Å². The molecule has 1 amide bonds. The minimum atomic E-state index is -0.573.